The van der Waals surface area contributed by atoms with E-state index in [9.17, 15) is 0 Å². The summed E-state index contributed by atoms with van der Waals surface area (Å²) in [6, 6.07) is 0.440. The Morgan fingerprint density at radius 2 is 2.53 bits per heavy atom. The highest BCUT2D eigenvalue weighted by molar-refractivity contribution is 4.79. The zero-order valence-corrected chi connectivity index (χ0v) is 9.58. The quantitative estimate of drug-likeness (QED) is 0.610. The van der Waals surface area contributed by atoms with Gasteiger partial charge in [-0.1, -0.05) is 6.08 Å². The zero-order chi connectivity index (χ0) is 10.9. The Bertz CT molecular complexity index is 170. The first-order valence-corrected chi connectivity index (χ1v) is 5.50. The van der Waals surface area contributed by atoms with E-state index in [1.165, 1.54) is 0 Å². The molecule has 1 atom stereocenters. The molecule has 0 amide bonds. The van der Waals surface area contributed by atoms with Gasteiger partial charge in [0.1, 0.15) is 0 Å². The monoisotopic (exact) mass is 214 g/mol. The third-order valence-corrected chi connectivity index (χ3v) is 2.48. The summed E-state index contributed by atoms with van der Waals surface area (Å²) in [6.07, 6.45) is 1.93. The standard InChI is InChI=1S/C11H22N2O2/c1-3-5-13(6-8-14-2)9-11-10-15-7-4-12-11/h3,11-12H,1,4-10H2,2H3. The van der Waals surface area contributed by atoms with Crippen LogP contribution in [0.3, 0.4) is 0 Å². The van der Waals surface area contributed by atoms with Crippen molar-refractivity contribution < 1.29 is 9.47 Å². The van der Waals surface area contributed by atoms with Gasteiger partial charge in [-0.3, -0.25) is 4.90 Å². The normalized spacial score (nSPS) is 21.9. The van der Waals surface area contributed by atoms with Crippen molar-refractivity contribution in [2.45, 2.75) is 6.04 Å². The highest BCUT2D eigenvalue weighted by atomic mass is 16.5. The maximum Gasteiger partial charge on any atom is 0.0632 e. The van der Waals surface area contributed by atoms with E-state index in [2.05, 4.69) is 16.8 Å². The van der Waals surface area contributed by atoms with Crippen molar-refractivity contribution in [3.8, 4) is 0 Å². The Morgan fingerprint density at radius 1 is 1.67 bits per heavy atom. The number of morpholine rings is 1. The van der Waals surface area contributed by atoms with Gasteiger partial charge in [0.2, 0.25) is 0 Å². The van der Waals surface area contributed by atoms with Crippen molar-refractivity contribution in [2.75, 3.05) is 53.1 Å². The molecule has 0 bridgehead atoms. The Hall–Kier alpha value is -0.420. The van der Waals surface area contributed by atoms with E-state index >= 15 is 0 Å². The van der Waals surface area contributed by atoms with Gasteiger partial charge in [-0.05, 0) is 0 Å². The second-order valence-electron chi connectivity index (χ2n) is 3.77. The summed E-state index contributed by atoms with van der Waals surface area (Å²) < 4.78 is 10.5. The molecular weight excluding hydrogens is 192 g/mol. The second kappa shape index (κ2) is 7.82. The molecule has 1 saturated heterocycles. The van der Waals surface area contributed by atoms with Crippen molar-refractivity contribution in [3.63, 3.8) is 0 Å². The first kappa shape index (κ1) is 12.6. The Morgan fingerprint density at radius 3 is 3.13 bits per heavy atom. The molecule has 88 valence electrons. The number of ether oxygens (including phenoxy) is 2. The predicted octanol–water partition coefficient (Wildman–Crippen LogP) is 0.109. The molecule has 1 rings (SSSR count). The molecule has 1 heterocycles. The first-order chi connectivity index (χ1) is 7.36. The lowest BCUT2D eigenvalue weighted by atomic mass is 10.2. The van der Waals surface area contributed by atoms with Crippen LogP contribution >= 0.6 is 0 Å². The second-order valence-corrected chi connectivity index (χ2v) is 3.77. The fourth-order valence-corrected chi connectivity index (χ4v) is 1.71. The van der Waals surface area contributed by atoms with Gasteiger partial charge < -0.3 is 14.8 Å². The molecule has 1 fully saturated rings. The van der Waals surface area contributed by atoms with Crippen LogP contribution in [0.1, 0.15) is 0 Å². The van der Waals surface area contributed by atoms with Crippen LogP contribution in [0.15, 0.2) is 12.7 Å². The van der Waals surface area contributed by atoms with Crippen molar-refractivity contribution in [3.05, 3.63) is 12.7 Å². The van der Waals surface area contributed by atoms with Crippen molar-refractivity contribution in [1.29, 1.82) is 0 Å². The summed E-state index contributed by atoms with van der Waals surface area (Å²) in [6.45, 7) is 9.97. The van der Waals surface area contributed by atoms with Gasteiger partial charge in [-0.2, -0.15) is 0 Å². The van der Waals surface area contributed by atoms with Crippen molar-refractivity contribution in [1.82, 2.24) is 10.2 Å². The van der Waals surface area contributed by atoms with E-state index in [0.717, 1.165) is 46.0 Å². The van der Waals surface area contributed by atoms with Crippen molar-refractivity contribution in [2.24, 2.45) is 0 Å². The van der Waals surface area contributed by atoms with Crippen LogP contribution < -0.4 is 5.32 Å². The molecule has 4 heteroatoms. The number of hydrogen-bond donors (Lipinski definition) is 1. The molecule has 4 nitrogen and oxygen atoms in total. The molecular formula is C11H22N2O2. The maximum atomic E-state index is 5.42. The van der Waals surface area contributed by atoms with E-state index in [1.54, 1.807) is 7.11 Å². The molecule has 0 saturated carbocycles. The Kier molecular flexibility index (Phi) is 6.59. The molecule has 0 aromatic heterocycles. The van der Waals surface area contributed by atoms with E-state index < -0.39 is 0 Å². The summed E-state index contributed by atoms with van der Waals surface area (Å²) in [4.78, 5) is 2.32. The summed E-state index contributed by atoms with van der Waals surface area (Å²) in [7, 11) is 1.73. The van der Waals surface area contributed by atoms with Gasteiger partial charge in [0, 0.05) is 39.3 Å². The van der Waals surface area contributed by atoms with E-state index in [1.807, 2.05) is 6.08 Å². The average Bonchev–Trinajstić information content (AvgIpc) is 2.28. The molecule has 0 aromatic carbocycles. The Balaban J connectivity index is 2.24. The van der Waals surface area contributed by atoms with Gasteiger partial charge in [-0.15, -0.1) is 6.58 Å². The molecule has 0 spiro atoms. The molecule has 15 heavy (non-hydrogen) atoms. The number of hydrogen-bond acceptors (Lipinski definition) is 4. The summed E-state index contributed by atoms with van der Waals surface area (Å²) in [5.74, 6) is 0. The summed E-state index contributed by atoms with van der Waals surface area (Å²) in [5.41, 5.74) is 0. The number of nitrogens with zero attached hydrogens (tertiary/aromatic N) is 1. The van der Waals surface area contributed by atoms with Crippen LogP contribution in [0.4, 0.5) is 0 Å². The Labute approximate surface area is 92.2 Å². The lowest BCUT2D eigenvalue weighted by Crippen LogP contribution is -2.49. The number of nitrogens with one attached hydrogen (secondary N) is 1. The first-order valence-electron chi connectivity index (χ1n) is 5.50. The average molecular weight is 214 g/mol. The van der Waals surface area contributed by atoms with Gasteiger partial charge in [0.15, 0.2) is 0 Å². The minimum Gasteiger partial charge on any atom is -0.383 e. The molecule has 1 unspecified atom stereocenters. The minimum absolute atomic E-state index is 0.440. The van der Waals surface area contributed by atoms with Crippen molar-refractivity contribution >= 4 is 0 Å². The van der Waals surface area contributed by atoms with Crippen LogP contribution in [0.25, 0.3) is 0 Å². The van der Waals surface area contributed by atoms with Gasteiger partial charge >= 0.3 is 0 Å². The molecule has 0 radical (unpaired) electrons. The topological polar surface area (TPSA) is 33.7 Å². The molecule has 1 N–H and O–H groups in total. The smallest absolute Gasteiger partial charge is 0.0632 e. The fourth-order valence-electron chi connectivity index (χ4n) is 1.71. The fraction of sp³-hybridized carbons (Fsp3) is 0.818. The number of rotatable bonds is 7. The van der Waals surface area contributed by atoms with Crippen LogP contribution in [0.5, 0.6) is 0 Å². The highest BCUT2D eigenvalue weighted by Crippen LogP contribution is 1.98. The maximum absolute atomic E-state index is 5.42. The van der Waals surface area contributed by atoms with Crippen LogP contribution in [-0.2, 0) is 9.47 Å². The highest BCUT2D eigenvalue weighted by Gasteiger charge is 2.15. The third-order valence-electron chi connectivity index (χ3n) is 2.48. The van der Waals surface area contributed by atoms with Gasteiger partial charge in [-0.25, -0.2) is 0 Å². The number of methoxy groups -OCH3 is 1. The van der Waals surface area contributed by atoms with E-state index in [0.29, 0.717) is 6.04 Å². The molecule has 0 aromatic rings. The van der Waals surface area contributed by atoms with Gasteiger partial charge in [0.05, 0.1) is 19.8 Å². The van der Waals surface area contributed by atoms with Crippen LogP contribution in [0.2, 0.25) is 0 Å². The summed E-state index contributed by atoms with van der Waals surface area (Å²) >= 11 is 0. The lowest BCUT2D eigenvalue weighted by molar-refractivity contribution is 0.0588. The van der Waals surface area contributed by atoms with Gasteiger partial charge in [0.25, 0.3) is 0 Å². The predicted molar refractivity (Wildman–Crippen MR) is 61.1 cm³/mol. The molecule has 1 aliphatic heterocycles. The van der Waals surface area contributed by atoms with E-state index in [4.69, 9.17) is 9.47 Å². The molecule has 1 aliphatic rings. The minimum atomic E-state index is 0.440. The van der Waals surface area contributed by atoms with Crippen LogP contribution in [-0.4, -0.2) is 64.1 Å². The lowest BCUT2D eigenvalue weighted by Gasteiger charge is -2.29. The third kappa shape index (κ3) is 5.28. The molecule has 0 aliphatic carbocycles. The van der Waals surface area contributed by atoms with E-state index in [-0.39, 0.29) is 0 Å². The zero-order valence-electron chi connectivity index (χ0n) is 9.58. The largest absolute Gasteiger partial charge is 0.383 e. The summed E-state index contributed by atoms with van der Waals surface area (Å²) in [5, 5.41) is 3.44. The SMILES string of the molecule is C=CCN(CCOC)CC1COCCN1. The van der Waals surface area contributed by atoms with Crippen LogP contribution in [0, 0.1) is 0 Å².